The molecule has 0 spiro atoms. The fourth-order valence-electron chi connectivity index (χ4n) is 3.16. The summed E-state index contributed by atoms with van der Waals surface area (Å²) in [5.41, 5.74) is 0.853. The first-order chi connectivity index (χ1) is 15.5. The number of ketones is 1. The minimum Gasteiger partial charge on any atom is -0.488 e. The van der Waals surface area contributed by atoms with Crippen molar-refractivity contribution in [3.8, 4) is 16.9 Å². The van der Waals surface area contributed by atoms with Crippen LogP contribution >= 0.6 is 11.6 Å². The lowest BCUT2D eigenvalue weighted by atomic mass is 9.94. The van der Waals surface area contributed by atoms with Gasteiger partial charge in [0.05, 0.1) is 18.8 Å². The number of carbonyl (C=O) groups excluding carboxylic acids is 2. The largest absolute Gasteiger partial charge is 0.488 e. The normalized spacial score (nSPS) is 10.6. The van der Waals surface area contributed by atoms with E-state index in [-0.39, 0.29) is 53.1 Å². The molecule has 0 amide bonds. The molecule has 0 saturated heterocycles. The fraction of sp³-hybridized carbons (Fsp3) is 0.200. The molecule has 0 aromatic heterocycles. The number of methoxy groups -OCH3 is 1. The van der Waals surface area contributed by atoms with E-state index in [1.807, 2.05) is 0 Å². The van der Waals surface area contributed by atoms with E-state index in [1.165, 1.54) is 31.4 Å². The van der Waals surface area contributed by atoms with E-state index < -0.39 is 11.8 Å². The van der Waals surface area contributed by atoms with Gasteiger partial charge in [0, 0.05) is 34.4 Å². The highest BCUT2D eigenvalue weighted by Gasteiger charge is 2.24. The van der Waals surface area contributed by atoms with E-state index in [1.54, 1.807) is 43.3 Å². The van der Waals surface area contributed by atoms with Gasteiger partial charge in [-0.3, -0.25) is 4.79 Å². The Kier molecular flexibility index (Phi) is 7.98. The summed E-state index contributed by atoms with van der Waals surface area (Å²) in [5.74, 6) is -1.81. The van der Waals surface area contributed by atoms with Gasteiger partial charge < -0.3 is 14.2 Å². The van der Waals surface area contributed by atoms with Crippen molar-refractivity contribution in [3.63, 3.8) is 0 Å². The molecule has 7 heteroatoms. The molecular formula is C25H22ClFO5. The number of halogens is 2. The number of ether oxygens (including phenoxy) is 3. The van der Waals surface area contributed by atoms with Gasteiger partial charge in [-0.2, -0.15) is 0 Å². The lowest BCUT2D eigenvalue weighted by Gasteiger charge is -2.16. The van der Waals surface area contributed by atoms with Crippen LogP contribution in [0, 0.1) is 5.82 Å². The molecule has 0 heterocycles. The first kappa shape index (κ1) is 23.4. The number of rotatable bonds is 9. The Morgan fingerprint density at radius 2 is 1.72 bits per heavy atom. The van der Waals surface area contributed by atoms with Crippen LogP contribution in [0.3, 0.4) is 0 Å². The van der Waals surface area contributed by atoms with Gasteiger partial charge >= 0.3 is 5.97 Å². The first-order valence-electron chi connectivity index (χ1n) is 9.99. The summed E-state index contributed by atoms with van der Waals surface area (Å²) in [6.45, 7) is 2.15. The van der Waals surface area contributed by atoms with Crippen LogP contribution in [-0.4, -0.2) is 38.7 Å². The third-order valence-corrected chi connectivity index (χ3v) is 5.01. The quantitative estimate of drug-likeness (QED) is 0.239. The number of hydrogen-bond acceptors (Lipinski definition) is 5. The third-order valence-electron chi connectivity index (χ3n) is 4.68. The second-order valence-electron chi connectivity index (χ2n) is 6.75. The maximum atomic E-state index is 15.6. The fourth-order valence-corrected chi connectivity index (χ4v) is 3.37. The minimum absolute atomic E-state index is 0.0188. The van der Waals surface area contributed by atoms with Crippen LogP contribution in [0.1, 0.15) is 33.2 Å². The molecule has 0 fully saturated rings. The first-order valence-corrected chi connectivity index (χ1v) is 10.4. The molecule has 166 valence electrons. The Morgan fingerprint density at radius 1 is 0.969 bits per heavy atom. The summed E-state index contributed by atoms with van der Waals surface area (Å²) in [4.78, 5) is 25.5. The van der Waals surface area contributed by atoms with Gasteiger partial charge in [-0.05, 0) is 37.3 Å². The minimum atomic E-state index is -0.780. The predicted octanol–water partition coefficient (Wildman–Crippen LogP) is 5.58. The van der Waals surface area contributed by atoms with Crippen molar-refractivity contribution in [1.29, 1.82) is 0 Å². The van der Waals surface area contributed by atoms with E-state index in [2.05, 4.69) is 0 Å². The lowest BCUT2D eigenvalue weighted by Crippen LogP contribution is -2.11. The monoisotopic (exact) mass is 456 g/mol. The third kappa shape index (κ3) is 5.15. The Hall–Kier alpha value is -3.22. The Morgan fingerprint density at radius 3 is 2.41 bits per heavy atom. The maximum absolute atomic E-state index is 15.6. The van der Waals surface area contributed by atoms with E-state index in [4.69, 9.17) is 25.8 Å². The van der Waals surface area contributed by atoms with Crippen molar-refractivity contribution in [2.45, 2.75) is 6.92 Å². The number of hydrogen-bond donors (Lipinski definition) is 0. The highest BCUT2D eigenvalue weighted by atomic mass is 35.5. The Balaban J connectivity index is 2.14. The van der Waals surface area contributed by atoms with E-state index in [0.29, 0.717) is 11.1 Å². The van der Waals surface area contributed by atoms with Crippen LogP contribution in [0.2, 0.25) is 5.02 Å². The highest BCUT2D eigenvalue weighted by molar-refractivity contribution is 6.34. The zero-order valence-electron chi connectivity index (χ0n) is 17.7. The van der Waals surface area contributed by atoms with Crippen molar-refractivity contribution in [2.75, 3.05) is 26.9 Å². The summed E-state index contributed by atoms with van der Waals surface area (Å²) < 4.78 is 31.1. The summed E-state index contributed by atoms with van der Waals surface area (Å²) in [6, 6.07) is 16.0. The van der Waals surface area contributed by atoms with Gasteiger partial charge in [0.2, 0.25) is 0 Å². The second-order valence-corrected chi connectivity index (χ2v) is 7.16. The number of carbonyl (C=O) groups is 2. The van der Waals surface area contributed by atoms with Crippen molar-refractivity contribution in [2.24, 2.45) is 0 Å². The summed E-state index contributed by atoms with van der Waals surface area (Å²) in [7, 11) is 1.50. The standard InChI is InChI=1S/C25H22ClFO5/c1-3-31-25(29)18-10-12-21(32-14-13-30-2)23(27)22(18)19-15-17(9-11-20(19)26)24(28)16-7-5-4-6-8-16/h4-12,15H,3,13-14H2,1-2H3. The van der Waals surface area contributed by atoms with Gasteiger partial charge in [0.25, 0.3) is 0 Å². The molecule has 3 aromatic carbocycles. The molecule has 0 saturated carbocycles. The molecule has 5 nitrogen and oxygen atoms in total. The van der Waals surface area contributed by atoms with Crippen LogP contribution in [0.25, 0.3) is 11.1 Å². The highest BCUT2D eigenvalue weighted by Crippen LogP contribution is 2.38. The van der Waals surface area contributed by atoms with Crippen molar-refractivity contribution < 1.29 is 28.2 Å². The summed E-state index contributed by atoms with van der Waals surface area (Å²) in [6.07, 6.45) is 0. The number of benzene rings is 3. The Labute approximate surface area is 190 Å². The zero-order chi connectivity index (χ0) is 23.1. The molecule has 0 aliphatic carbocycles. The molecule has 0 aliphatic rings. The molecule has 0 radical (unpaired) electrons. The topological polar surface area (TPSA) is 61.8 Å². The van der Waals surface area contributed by atoms with Crippen molar-refractivity contribution in [3.05, 3.63) is 88.2 Å². The zero-order valence-corrected chi connectivity index (χ0v) is 18.4. The van der Waals surface area contributed by atoms with Gasteiger partial charge in [0.1, 0.15) is 6.61 Å². The number of esters is 1. The van der Waals surface area contributed by atoms with Crippen LogP contribution in [0.5, 0.6) is 5.75 Å². The molecule has 0 N–H and O–H groups in total. The predicted molar refractivity (Wildman–Crippen MR) is 120 cm³/mol. The van der Waals surface area contributed by atoms with Crippen LogP contribution in [0.15, 0.2) is 60.7 Å². The summed E-state index contributed by atoms with van der Waals surface area (Å²) in [5, 5.41) is 0.174. The Bertz CT molecular complexity index is 1110. The smallest absolute Gasteiger partial charge is 0.338 e. The van der Waals surface area contributed by atoms with Crippen LogP contribution < -0.4 is 4.74 Å². The van der Waals surface area contributed by atoms with Gasteiger partial charge in [-0.25, -0.2) is 9.18 Å². The maximum Gasteiger partial charge on any atom is 0.338 e. The van der Waals surface area contributed by atoms with Crippen LogP contribution in [0.4, 0.5) is 4.39 Å². The summed E-state index contributed by atoms with van der Waals surface area (Å²) >= 11 is 6.40. The molecule has 3 rings (SSSR count). The molecule has 0 unspecified atom stereocenters. The SMILES string of the molecule is CCOC(=O)c1ccc(OCCOC)c(F)c1-c1cc(C(=O)c2ccccc2)ccc1Cl. The molecule has 32 heavy (non-hydrogen) atoms. The lowest BCUT2D eigenvalue weighted by molar-refractivity contribution is 0.0526. The van der Waals surface area contributed by atoms with Gasteiger partial charge in [0.15, 0.2) is 17.3 Å². The van der Waals surface area contributed by atoms with E-state index in [9.17, 15) is 9.59 Å². The molecule has 0 bridgehead atoms. The van der Waals surface area contributed by atoms with E-state index in [0.717, 1.165) is 0 Å². The van der Waals surface area contributed by atoms with Gasteiger partial charge in [-0.15, -0.1) is 0 Å². The van der Waals surface area contributed by atoms with E-state index >= 15 is 4.39 Å². The molecular weight excluding hydrogens is 435 g/mol. The second kappa shape index (κ2) is 10.9. The van der Waals surface area contributed by atoms with Crippen molar-refractivity contribution >= 4 is 23.4 Å². The molecule has 0 atom stereocenters. The van der Waals surface area contributed by atoms with Crippen LogP contribution in [-0.2, 0) is 9.47 Å². The average molecular weight is 457 g/mol. The average Bonchev–Trinajstić information content (AvgIpc) is 2.81. The molecule has 3 aromatic rings. The molecule has 0 aliphatic heterocycles. The van der Waals surface area contributed by atoms with Crippen molar-refractivity contribution in [1.82, 2.24) is 0 Å². The van der Waals surface area contributed by atoms with Gasteiger partial charge in [-0.1, -0.05) is 41.9 Å².